The quantitative estimate of drug-likeness (QED) is 0.774. The Kier molecular flexibility index (Phi) is 1.68. The molecule has 0 aliphatic heterocycles. The van der Waals surface area contributed by atoms with Crippen molar-refractivity contribution in [2.45, 2.75) is 18.3 Å². The fourth-order valence-electron chi connectivity index (χ4n) is 2.27. The maximum atomic E-state index is 13.2. The van der Waals surface area contributed by atoms with Crippen LogP contribution in [0.1, 0.15) is 18.4 Å². The van der Waals surface area contributed by atoms with Crippen molar-refractivity contribution in [3.8, 4) is 0 Å². The first-order chi connectivity index (χ1) is 7.25. The number of halogens is 1. The lowest BCUT2D eigenvalue weighted by molar-refractivity contribution is 0.629. The van der Waals surface area contributed by atoms with E-state index in [2.05, 4.69) is 4.98 Å². The van der Waals surface area contributed by atoms with Gasteiger partial charge in [0.2, 0.25) is 0 Å². The number of aromatic nitrogens is 1. The molecule has 0 radical (unpaired) electrons. The number of benzene rings is 1. The van der Waals surface area contributed by atoms with Gasteiger partial charge in [-0.2, -0.15) is 0 Å². The summed E-state index contributed by atoms with van der Waals surface area (Å²) in [5.41, 5.74) is 8.07. The van der Waals surface area contributed by atoms with Gasteiger partial charge in [0.25, 0.3) is 0 Å². The molecule has 1 aromatic carbocycles. The smallest absolute Gasteiger partial charge is 0.123 e. The average Bonchev–Trinajstić information content (AvgIpc) is 2.93. The van der Waals surface area contributed by atoms with Gasteiger partial charge in [0.05, 0.1) is 0 Å². The molecule has 3 rings (SSSR count). The zero-order chi connectivity index (χ0) is 10.5. The maximum Gasteiger partial charge on any atom is 0.123 e. The molecule has 1 aliphatic carbocycles. The van der Waals surface area contributed by atoms with Crippen molar-refractivity contribution in [3.63, 3.8) is 0 Å². The van der Waals surface area contributed by atoms with Crippen LogP contribution in [0.25, 0.3) is 10.9 Å². The molecule has 0 amide bonds. The Morgan fingerprint density at radius 1 is 1.40 bits per heavy atom. The first-order valence-electron chi connectivity index (χ1n) is 5.22. The summed E-state index contributed by atoms with van der Waals surface area (Å²) in [4.78, 5) is 3.17. The normalized spacial score (nSPS) is 18.3. The predicted octanol–water partition coefficient (Wildman–Crippen LogP) is 2.30. The van der Waals surface area contributed by atoms with Gasteiger partial charge in [-0.3, -0.25) is 0 Å². The minimum absolute atomic E-state index is 0.117. The maximum absolute atomic E-state index is 13.2. The van der Waals surface area contributed by atoms with Crippen LogP contribution in [0.5, 0.6) is 0 Å². The SMILES string of the molecule is NCC1(c2c[nH]c3ccc(F)cc23)CC1. The molecule has 2 aromatic rings. The van der Waals surface area contributed by atoms with E-state index in [0.29, 0.717) is 6.54 Å². The molecule has 2 nitrogen and oxygen atoms in total. The molecular formula is C12H13FN2. The Hall–Kier alpha value is -1.35. The summed E-state index contributed by atoms with van der Waals surface area (Å²) < 4.78 is 13.2. The third-order valence-electron chi connectivity index (χ3n) is 3.46. The highest BCUT2D eigenvalue weighted by molar-refractivity contribution is 5.85. The number of hydrogen-bond acceptors (Lipinski definition) is 1. The van der Waals surface area contributed by atoms with Gasteiger partial charge in [0.15, 0.2) is 0 Å². The van der Waals surface area contributed by atoms with E-state index in [4.69, 9.17) is 5.73 Å². The molecule has 3 heteroatoms. The summed E-state index contributed by atoms with van der Waals surface area (Å²) in [6, 6.07) is 4.85. The number of fused-ring (bicyclic) bond motifs is 1. The molecule has 1 aromatic heterocycles. The van der Waals surface area contributed by atoms with Gasteiger partial charge in [0, 0.05) is 29.1 Å². The molecule has 0 atom stereocenters. The van der Waals surface area contributed by atoms with E-state index < -0.39 is 0 Å². The van der Waals surface area contributed by atoms with Gasteiger partial charge in [-0.1, -0.05) is 0 Å². The standard InChI is InChI=1S/C12H13FN2/c13-8-1-2-11-9(5-8)10(6-15-11)12(7-14)3-4-12/h1-2,5-6,15H,3-4,7,14H2. The van der Waals surface area contributed by atoms with Crippen molar-refractivity contribution >= 4 is 10.9 Å². The third-order valence-corrected chi connectivity index (χ3v) is 3.46. The molecule has 1 fully saturated rings. The molecule has 1 heterocycles. The van der Waals surface area contributed by atoms with Crippen LogP contribution in [0.4, 0.5) is 4.39 Å². The molecule has 1 aliphatic rings. The minimum atomic E-state index is -0.184. The van der Waals surface area contributed by atoms with E-state index in [1.165, 1.54) is 11.6 Å². The largest absolute Gasteiger partial charge is 0.361 e. The summed E-state index contributed by atoms with van der Waals surface area (Å²) in [7, 11) is 0. The van der Waals surface area contributed by atoms with Crippen LogP contribution in [-0.4, -0.2) is 11.5 Å². The zero-order valence-electron chi connectivity index (χ0n) is 8.39. The Labute approximate surface area is 87.3 Å². The molecule has 0 unspecified atom stereocenters. The Balaban J connectivity index is 2.23. The van der Waals surface area contributed by atoms with Crippen LogP contribution in [0.3, 0.4) is 0 Å². The van der Waals surface area contributed by atoms with E-state index in [9.17, 15) is 4.39 Å². The molecule has 0 spiro atoms. The molecule has 3 N–H and O–H groups in total. The van der Waals surface area contributed by atoms with Crippen LogP contribution in [0.2, 0.25) is 0 Å². The highest BCUT2D eigenvalue weighted by atomic mass is 19.1. The van der Waals surface area contributed by atoms with Crippen molar-refractivity contribution in [1.82, 2.24) is 4.98 Å². The molecular weight excluding hydrogens is 191 g/mol. The van der Waals surface area contributed by atoms with Crippen LogP contribution < -0.4 is 5.73 Å². The van der Waals surface area contributed by atoms with Gasteiger partial charge in [0.1, 0.15) is 5.82 Å². The van der Waals surface area contributed by atoms with Crippen molar-refractivity contribution in [3.05, 3.63) is 35.8 Å². The van der Waals surface area contributed by atoms with Crippen LogP contribution in [0.15, 0.2) is 24.4 Å². The highest BCUT2D eigenvalue weighted by Gasteiger charge is 2.44. The third kappa shape index (κ3) is 1.20. The minimum Gasteiger partial charge on any atom is -0.361 e. The summed E-state index contributed by atoms with van der Waals surface area (Å²) in [5, 5.41) is 0.984. The van der Waals surface area contributed by atoms with E-state index in [-0.39, 0.29) is 11.2 Å². The summed E-state index contributed by atoms with van der Waals surface area (Å²) in [5.74, 6) is -0.184. The van der Waals surface area contributed by atoms with E-state index in [1.54, 1.807) is 12.1 Å². The number of rotatable bonds is 2. The summed E-state index contributed by atoms with van der Waals surface area (Å²) >= 11 is 0. The number of nitrogens with two attached hydrogens (primary N) is 1. The first-order valence-corrected chi connectivity index (χ1v) is 5.22. The number of nitrogens with one attached hydrogen (secondary N) is 1. The first kappa shape index (κ1) is 8.92. The molecule has 15 heavy (non-hydrogen) atoms. The molecule has 0 saturated heterocycles. The van der Waals surface area contributed by atoms with Crippen molar-refractivity contribution in [2.75, 3.05) is 6.54 Å². The summed E-state index contributed by atoms with van der Waals surface area (Å²) in [6.45, 7) is 0.649. The Bertz CT molecular complexity index is 511. The topological polar surface area (TPSA) is 41.8 Å². The Morgan fingerprint density at radius 3 is 2.87 bits per heavy atom. The fraction of sp³-hybridized carbons (Fsp3) is 0.333. The van der Waals surface area contributed by atoms with Crippen molar-refractivity contribution in [1.29, 1.82) is 0 Å². The number of aromatic amines is 1. The second-order valence-corrected chi connectivity index (χ2v) is 4.38. The van der Waals surface area contributed by atoms with Gasteiger partial charge < -0.3 is 10.7 Å². The van der Waals surface area contributed by atoms with Crippen LogP contribution >= 0.6 is 0 Å². The molecule has 1 saturated carbocycles. The van der Waals surface area contributed by atoms with Gasteiger partial charge in [-0.25, -0.2) is 4.39 Å². The monoisotopic (exact) mass is 204 g/mol. The number of hydrogen-bond donors (Lipinski definition) is 2. The predicted molar refractivity (Wildman–Crippen MR) is 58.2 cm³/mol. The van der Waals surface area contributed by atoms with Crippen LogP contribution in [0, 0.1) is 5.82 Å². The van der Waals surface area contributed by atoms with Gasteiger partial charge in [-0.15, -0.1) is 0 Å². The van der Waals surface area contributed by atoms with E-state index in [0.717, 1.165) is 23.7 Å². The highest BCUT2D eigenvalue weighted by Crippen LogP contribution is 2.49. The van der Waals surface area contributed by atoms with Crippen molar-refractivity contribution in [2.24, 2.45) is 5.73 Å². The lowest BCUT2D eigenvalue weighted by Crippen LogP contribution is -2.19. The van der Waals surface area contributed by atoms with Gasteiger partial charge in [-0.05, 0) is 36.6 Å². The van der Waals surface area contributed by atoms with E-state index in [1.807, 2.05) is 6.20 Å². The average molecular weight is 204 g/mol. The molecule has 0 bridgehead atoms. The second-order valence-electron chi connectivity index (χ2n) is 4.38. The molecule has 78 valence electrons. The lowest BCUT2D eigenvalue weighted by Gasteiger charge is -2.10. The second kappa shape index (κ2) is 2.83. The Morgan fingerprint density at radius 2 is 2.20 bits per heavy atom. The van der Waals surface area contributed by atoms with Crippen LogP contribution in [-0.2, 0) is 5.41 Å². The van der Waals surface area contributed by atoms with E-state index >= 15 is 0 Å². The van der Waals surface area contributed by atoms with Crippen molar-refractivity contribution < 1.29 is 4.39 Å². The fourth-order valence-corrected chi connectivity index (χ4v) is 2.27. The van der Waals surface area contributed by atoms with Gasteiger partial charge >= 0.3 is 0 Å². The number of H-pyrrole nitrogens is 1. The lowest BCUT2D eigenvalue weighted by atomic mass is 9.96. The zero-order valence-corrected chi connectivity index (χ0v) is 8.39. The summed E-state index contributed by atoms with van der Waals surface area (Å²) in [6.07, 6.45) is 4.21.